The molecule has 4 aliphatic heterocycles. The second kappa shape index (κ2) is 33.1. The van der Waals surface area contributed by atoms with Crippen LogP contribution in [0.15, 0.2) is 449 Å². The van der Waals surface area contributed by atoms with Crippen molar-refractivity contribution in [3.05, 3.63) is 538 Å². The lowest BCUT2D eigenvalue weighted by Gasteiger charge is -2.34. The first-order valence-electron chi connectivity index (χ1n) is 46.0. The van der Waals surface area contributed by atoms with Crippen LogP contribution < -0.4 is 48.0 Å². The van der Waals surface area contributed by atoms with Crippen LogP contribution in [-0.4, -0.2) is 47.3 Å². The van der Waals surface area contributed by atoms with E-state index >= 15 is 0 Å². The molecule has 0 fully saturated rings. The van der Waals surface area contributed by atoms with Gasteiger partial charge in [-0.2, -0.15) is 0 Å². The highest BCUT2D eigenvalue weighted by atomic mass is 16.5. The quantitative estimate of drug-likeness (QED) is 0.0579. The summed E-state index contributed by atoms with van der Waals surface area (Å²) in [5.41, 5.74) is 19.5. The van der Waals surface area contributed by atoms with Gasteiger partial charge in [0.05, 0.1) is 61.2 Å². The number of hydrogen-bond donors (Lipinski definition) is 0. The van der Waals surface area contributed by atoms with Crippen molar-refractivity contribution in [1.82, 2.24) is 0 Å². The third-order valence-corrected chi connectivity index (χ3v) is 27.7. The summed E-state index contributed by atoms with van der Waals surface area (Å²) in [6.45, 7) is 0. The van der Waals surface area contributed by atoms with Crippen LogP contribution in [0.2, 0.25) is 0 Å². The Morgan fingerprint density at radius 1 is 0.149 bits per heavy atom. The molecule has 25 rings (SSSR count). The van der Waals surface area contributed by atoms with Crippen molar-refractivity contribution in [3.8, 4) is 102 Å². The van der Waals surface area contributed by atoms with Gasteiger partial charge in [0.1, 0.15) is 69.0 Å². The fourth-order valence-corrected chi connectivity index (χ4v) is 21.5. The van der Waals surface area contributed by atoms with Gasteiger partial charge in [0.2, 0.25) is 0 Å². The summed E-state index contributed by atoms with van der Waals surface area (Å²) >= 11 is 0. The van der Waals surface area contributed by atoms with E-state index in [4.69, 9.17) is 28.4 Å². The van der Waals surface area contributed by atoms with E-state index < -0.39 is 63.5 Å². The lowest BCUT2D eigenvalue weighted by Crippen LogP contribution is -2.29. The van der Waals surface area contributed by atoms with Gasteiger partial charge in [-0.25, -0.2) is 19.6 Å². The molecule has 0 bridgehead atoms. The Bertz CT molecular complexity index is 7750. The molecule has 3 aliphatic carbocycles. The number of imide groups is 4. The first kappa shape index (κ1) is 83.6. The highest BCUT2D eigenvalue weighted by molar-refractivity contribution is 6.36. The van der Waals surface area contributed by atoms with Crippen LogP contribution in [0.25, 0.3) is 33.4 Å². The lowest BCUT2D eigenvalue weighted by atomic mass is 9.68. The lowest BCUT2D eigenvalue weighted by molar-refractivity contribution is -0.121. The van der Waals surface area contributed by atoms with Gasteiger partial charge >= 0.3 is 0 Å². The summed E-state index contributed by atoms with van der Waals surface area (Å²) in [5.74, 6) is 2.65. The van der Waals surface area contributed by atoms with E-state index in [9.17, 15) is 38.4 Å². The van der Waals surface area contributed by atoms with E-state index in [1.165, 1.54) is 34.1 Å². The molecule has 18 aromatic carbocycles. The maximum Gasteiger partial charge on any atom is 0.266 e. The molecule has 0 spiro atoms. The number of carbonyl (C=O) groups is 8. The zero-order valence-corrected chi connectivity index (χ0v) is 74.7. The van der Waals surface area contributed by atoms with Crippen LogP contribution in [0, 0.1) is 0 Å². The fraction of sp³-hybridized carbons (Fsp3) is 0.0244. The average molecular weight is 1830 g/mol. The van der Waals surface area contributed by atoms with Crippen molar-refractivity contribution in [2.75, 3.05) is 19.6 Å². The van der Waals surface area contributed by atoms with Crippen molar-refractivity contribution in [3.63, 3.8) is 0 Å². The third-order valence-electron chi connectivity index (χ3n) is 27.7. The molecule has 670 valence electrons. The molecule has 0 N–H and O–H groups in total. The summed E-state index contributed by atoms with van der Waals surface area (Å²) in [4.78, 5) is 111. The number of hydrogen-bond acceptors (Lipinski definition) is 14. The number of rotatable bonds is 22. The number of carbonyl (C=O) groups excluding carboxylic acids is 8. The van der Waals surface area contributed by atoms with Crippen molar-refractivity contribution < 1.29 is 66.8 Å². The van der Waals surface area contributed by atoms with E-state index in [2.05, 4.69) is 206 Å². The van der Waals surface area contributed by atoms with Crippen LogP contribution in [0.5, 0.6) is 69.0 Å². The first-order chi connectivity index (χ1) is 69.1. The van der Waals surface area contributed by atoms with Crippen molar-refractivity contribution in [1.29, 1.82) is 0 Å². The average Bonchev–Trinajstić information content (AvgIpc) is 1.55. The highest BCUT2D eigenvalue weighted by Crippen LogP contribution is 2.61. The second-order valence-electron chi connectivity index (χ2n) is 35.3. The molecule has 18 aromatic rings. The molecule has 0 aromatic heterocycles. The molecule has 0 unspecified atom stereocenters. The van der Waals surface area contributed by atoms with E-state index in [1.54, 1.807) is 133 Å². The molecule has 0 radical (unpaired) electrons. The van der Waals surface area contributed by atoms with Gasteiger partial charge in [0, 0.05) is 24.3 Å². The predicted octanol–water partition coefficient (Wildman–Crippen LogP) is 26.0. The number of fused-ring (bicyclic) bond motifs is 11. The Morgan fingerprint density at radius 3 is 0.518 bits per heavy atom. The number of amides is 8. The maximum absolute atomic E-state index is 14.5. The normalized spacial score (nSPS) is 14.8. The summed E-state index contributed by atoms with van der Waals surface area (Å²) < 4.78 is 38.8. The molecule has 18 heteroatoms. The molecular formula is C123H74N4O14. The molecule has 0 saturated carbocycles. The van der Waals surface area contributed by atoms with Crippen molar-refractivity contribution >= 4 is 70.0 Å². The van der Waals surface area contributed by atoms with Gasteiger partial charge in [-0.1, -0.05) is 218 Å². The maximum atomic E-state index is 14.5. The molecule has 4 heterocycles. The van der Waals surface area contributed by atoms with Crippen LogP contribution in [0.1, 0.15) is 108 Å². The molecule has 0 atom stereocenters. The van der Waals surface area contributed by atoms with Crippen LogP contribution in [-0.2, 0) is 35.4 Å². The Morgan fingerprint density at radius 2 is 0.312 bits per heavy atom. The third kappa shape index (κ3) is 13.5. The number of ether oxygens (including phenoxy) is 6. The topological polar surface area (TPSA) is 205 Å². The smallest absolute Gasteiger partial charge is 0.266 e. The van der Waals surface area contributed by atoms with Crippen molar-refractivity contribution in [2.45, 2.75) is 16.2 Å². The zero-order valence-electron chi connectivity index (χ0n) is 74.7. The molecule has 141 heavy (non-hydrogen) atoms. The standard InChI is InChI=1S/C123H74N4O14/c128-113-69-70-114(129)124(113)81-37-57-91(58-38-81)136-85-45-25-75(26-46-85)121(107-19-7-1-13-97(107)98-14-2-8-20-108(98)121)77-29-49-87(50-30-77)138-93-61-41-83(42-62-93)126-117(132)103-67-65-95(73-105(103)119(126)134)140-89-53-33-79(34-54-89)123(111-23-11-5-17-101(111)102-18-6-12-24-112(102)123)80-35-55-90(56-36-80)141-96-66-68-104-106(74-96)120(135)127(118(104)133)84-43-63-94(64-44-84)139-88-51-31-78(32-52-88)122(109-21-9-3-15-99(109)100-16-4-10-22-110(100)122)76-27-47-86(48-28-76)137-92-59-39-82(40-60-92)125-115(130)71-72-116(125)131/h1-74H. The predicted molar refractivity (Wildman–Crippen MR) is 536 cm³/mol. The Hall–Kier alpha value is -19.2. The second-order valence-corrected chi connectivity index (χ2v) is 35.3. The van der Waals surface area contributed by atoms with Gasteiger partial charge in [-0.15, -0.1) is 0 Å². The minimum absolute atomic E-state index is 0.202. The molecular weight excluding hydrogens is 1760 g/mol. The fourth-order valence-electron chi connectivity index (χ4n) is 21.5. The Kier molecular flexibility index (Phi) is 19.6. The van der Waals surface area contributed by atoms with E-state index in [1.807, 2.05) is 84.9 Å². The summed E-state index contributed by atoms with van der Waals surface area (Å²) in [6, 6.07) is 136. The summed E-state index contributed by atoms with van der Waals surface area (Å²) in [7, 11) is 0. The Labute approximate surface area is 807 Å². The zero-order chi connectivity index (χ0) is 94.9. The first-order valence-corrected chi connectivity index (χ1v) is 46.0. The van der Waals surface area contributed by atoms with E-state index in [-0.39, 0.29) is 22.3 Å². The molecule has 7 aliphatic rings. The van der Waals surface area contributed by atoms with E-state index in [0.717, 1.165) is 110 Å². The van der Waals surface area contributed by atoms with Gasteiger partial charge in [0.15, 0.2) is 0 Å². The van der Waals surface area contributed by atoms with Gasteiger partial charge in [-0.05, 0) is 306 Å². The van der Waals surface area contributed by atoms with Gasteiger partial charge in [0.25, 0.3) is 47.3 Å². The largest absolute Gasteiger partial charge is 0.457 e. The van der Waals surface area contributed by atoms with Crippen LogP contribution in [0.4, 0.5) is 22.7 Å². The Balaban J connectivity index is 0.423. The minimum Gasteiger partial charge on any atom is -0.457 e. The van der Waals surface area contributed by atoms with Crippen molar-refractivity contribution in [2.24, 2.45) is 0 Å². The molecule has 8 amide bonds. The molecule has 0 saturated heterocycles. The van der Waals surface area contributed by atoms with Gasteiger partial charge in [-0.3, -0.25) is 38.4 Å². The summed E-state index contributed by atoms with van der Waals surface area (Å²) in [5, 5.41) is 0. The van der Waals surface area contributed by atoms with Gasteiger partial charge < -0.3 is 28.4 Å². The minimum atomic E-state index is -0.823. The molecule has 18 nitrogen and oxygen atoms in total. The summed E-state index contributed by atoms with van der Waals surface area (Å²) in [6.07, 6.45) is 5.02. The number of nitrogens with zero attached hydrogens (tertiary/aromatic N) is 4. The van der Waals surface area contributed by atoms with Crippen LogP contribution in [0.3, 0.4) is 0 Å². The highest BCUT2D eigenvalue weighted by Gasteiger charge is 2.50. The SMILES string of the molecule is O=C1C=CC(=O)N1c1ccc(Oc2ccc(C3(c4ccc(Oc5ccc(N6C(=O)c7ccc(Oc8ccc(C9(c%10ccc(Oc%11ccc%12c(c%11)C(=O)N(c%11ccc(Oc%13ccc(C%14(c%15ccc(Oc%16ccc(N%17C(=O)C=CC%17=O)cc%16)cc%15)c%15ccccc%15-c%15ccccc%15%14)cc%13)cc%11)C%12=O)cc%10)c%10ccccc%10-c%10ccccc%109)cc8)cc7C6=O)cc5)cc4)c4ccccc4-c4ccccc43)cc2)cc1. The number of benzene rings is 18. The monoisotopic (exact) mass is 1830 g/mol. The van der Waals surface area contributed by atoms with Crippen LogP contribution >= 0.6 is 0 Å². The van der Waals surface area contributed by atoms with E-state index in [0.29, 0.717) is 91.7 Å². The number of anilines is 4.